The zero-order chi connectivity index (χ0) is 16.5. The van der Waals surface area contributed by atoms with Gasteiger partial charge in [0.2, 0.25) is 0 Å². The maximum Gasteiger partial charge on any atom is 0.416 e. The third kappa shape index (κ3) is 3.41. The van der Waals surface area contributed by atoms with Crippen LogP contribution >= 0.6 is 0 Å². The molecule has 0 radical (unpaired) electrons. The fraction of sp³-hybridized carbons (Fsp3) is 0.231. The van der Waals surface area contributed by atoms with Crippen molar-refractivity contribution in [2.45, 2.75) is 12.6 Å². The molecular formula is C13H10F5N3O. The molecule has 0 spiro atoms. The molecule has 1 heterocycles. The van der Waals surface area contributed by atoms with Gasteiger partial charge >= 0.3 is 6.18 Å². The number of rotatable bonds is 3. The first-order valence-corrected chi connectivity index (χ1v) is 5.99. The summed E-state index contributed by atoms with van der Waals surface area (Å²) in [5.74, 6) is -0.896. The maximum atomic E-state index is 12.6. The molecule has 0 saturated carbocycles. The lowest BCUT2D eigenvalue weighted by Crippen LogP contribution is -2.15. The maximum absolute atomic E-state index is 12.6. The van der Waals surface area contributed by atoms with E-state index in [-0.39, 0.29) is 11.4 Å². The molecule has 2 rings (SSSR count). The Morgan fingerprint density at radius 1 is 1.27 bits per heavy atom. The lowest BCUT2D eigenvalue weighted by atomic mass is 10.1. The number of hydrogen-bond donors (Lipinski definition) is 1. The zero-order valence-corrected chi connectivity index (χ0v) is 11.2. The number of halogens is 5. The molecule has 4 nitrogen and oxygen atoms in total. The van der Waals surface area contributed by atoms with Gasteiger partial charge in [0, 0.05) is 18.7 Å². The Balaban J connectivity index is 2.23. The number of carbonyl (C=O) groups is 1. The quantitative estimate of drug-likeness (QED) is 0.878. The Morgan fingerprint density at radius 2 is 1.95 bits per heavy atom. The summed E-state index contributed by atoms with van der Waals surface area (Å²) in [5, 5.41) is 5.73. The van der Waals surface area contributed by atoms with E-state index in [9.17, 15) is 26.7 Å². The average molecular weight is 319 g/mol. The topological polar surface area (TPSA) is 46.9 Å². The van der Waals surface area contributed by atoms with Crippen molar-refractivity contribution >= 4 is 11.7 Å². The number of carbonyl (C=O) groups excluding carboxylic acids is 1. The molecule has 22 heavy (non-hydrogen) atoms. The molecule has 1 N–H and O–H groups in total. The van der Waals surface area contributed by atoms with Gasteiger partial charge in [-0.1, -0.05) is 6.07 Å². The van der Waals surface area contributed by atoms with Crippen LogP contribution in [0, 0.1) is 0 Å². The summed E-state index contributed by atoms with van der Waals surface area (Å²) in [5.41, 5.74) is -1.75. The van der Waals surface area contributed by atoms with Crippen LogP contribution in [-0.2, 0) is 13.2 Å². The third-order valence-corrected chi connectivity index (χ3v) is 2.82. The Bertz CT molecular complexity index is 693. The van der Waals surface area contributed by atoms with Crippen molar-refractivity contribution in [1.82, 2.24) is 9.78 Å². The number of nitrogens with one attached hydrogen (secondary N) is 1. The van der Waals surface area contributed by atoms with E-state index in [0.717, 1.165) is 22.9 Å². The monoisotopic (exact) mass is 319 g/mol. The molecular weight excluding hydrogens is 309 g/mol. The standard InChI is InChI=1S/C13H10F5N3O/c1-21-10(6-9(20-21)11(14)15)19-12(22)7-3-2-4-8(5-7)13(16,17)18/h2-6,11H,1H3,(H,19,22). The summed E-state index contributed by atoms with van der Waals surface area (Å²) >= 11 is 0. The predicted molar refractivity (Wildman–Crippen MR) is 67.6 cm³/mol. The molecule has 0 saturated heterocycles. The smallest absolute Gasteiger partial charge is 0.307 e. The van der Waals surface area contributed by atoms with E-state index in [4.69, 9.17) is 0 Å². The van der Waals surface area contributed by atoms with Crippen LogP contribution in [0.1, 0.15) is 28.0 Å². The minimum absolute atomic E-state index is 0.0438. The fourth-order valence-electron chi connectivity index (χ4n) is 1.74. The van der Waals surface area contributed by atoms with Crippen molar-refractivity contribution in [3.63, 3.8) is 0 Å². The summed E-state index contributed by atoms with van der Waals surface area (Å²) in [6.07, 6.45) is -7.39. The number of amides is 1. The number of aryl methyl sites for hydroxylation is 1. The molecule has 118 valence electrons. The van der Waals surface area contributed by atoms with E-state index in [1.807, 2.05) is 0 Å². The van der Waals surface area contributed by atoms with E-state index in [0.29, 0.717) is 6.07 Å². The summed E-state index contributed by atoms with van der Waals surface area (Å²) in [6, 6.07) is 4.74. The summed E-state index contributed by atoms with van der Waals surface area (Å²) < 4.78 is 63.7. The molecule has 1 amide bonds. The second kappa shape index (κ2) is 5.74. The highest BCUT2D eigenvalue weighted by Gasteiger charge is 2.31. The first kappa shape index (κ1) is 15.9. The van der Waals surface area contributed by atoms with Crippen LogP contribution in [0.3, 0.4) is 0 Å². The number of hydrogen-bond acceptors (Lipinski definition) is 2. The molecule has 0 aliphatic heterocycles. The summed E-state index contributed by atoms with van der Waals surface area (Å²) in [7, 11) is 1.33. The highest BCUT2D eigenvalue weighted by molar-refractivity contribution is 6.03. The molecule has 0 aliphatic rings. The summed E-state index contributed by atoms with van der Waals surface area (Å²) in [4.78, 5) is 11.9. The van der Waals surface area contributed by atoms with E-state index in [1.54, 1.807) is 0 Å². The van der Waals surface area contributed by atoms with Crippen LogP contribution in [0.25, 0.3) is 0 Å². The van der Waals surface area contributed by atoms with Gasteiger partial charge in [0.25, 0.3) is 12.3 Å². The van der Waals surface area contributed by atoms with E-state index in [1.165, 1.54) is 13.1 Å². The van der Waals surface area contributed by atoms with Crippen LogP contribution in [0.4, 0.5) is 27.8 Å². The van der Waals surface area contributed by atoms with Crippen molar-refractivity contribution in [1.29, 1.82) is 0 Å². The highest BCUT2D eigenvalue weighted by atomic mass is 19.4. The molecule has 9 heteroatoms. The number of alkyl halides is 5. The zero-order valence-electron chi connectivity index (χ0n) is 11.2. The molecule has 2 aromatic rings. The molecule has 1 aromatic heterocycles. The van der Waals surface area contributed by atoms with Crippen molar-refractivity contribution in [3.05, 3.63) is 47.2 Å². The lowest BCUT2D eigenvalue weighted by Gasteiger charge is -2.09. The Kier molecular flexibility index (Phi) is 4.16. The van der Waals surface area contributed by atoms with E-state index in [2.05, 4.69) is 10.4 Å². The minimum Gasteiger partial charge on any atom is -0.307 e. The average Bonchev–Trinajstić information content (AvgIpc) is 2.79. The highest BCUT2D eigenvalue weighted by Crippen LogP contribution is 2.29. The van der Waals surface area contributed by atoms with Crippen LogP contribution in [0.2, 0.25) is 0 Å². The number of benzene rings is 1. The van der Waals surface area contributed by atoms with Crippen LogP contribution in [0.15, 0.2) is 30.3 Å². The largest absolute Gasteiger partial charge is 0.416 e. The first-order valence-electron chi connectivity index (χ1n) is 5.99. The predicted octanol–water partition coefficient (Wildman–Crippen LogP) is 3.63. The third-order valence-electron chi connectivity index (χ3n) is 2.82. The number of aromatic nitrogens is 2. The molecule has 0 bridgehead atoms. The second-order valence-electron chi connectivity index (χ2n) is 4.41. The van der Waals surface area contributed by atoms with Gasteiger partial charge in [-0.05, 0) is 18.2 Å². The van der Waals surface area contributed by atoms with Gasteiger partial charge in [-0.15, -0.1) is 0 Å². The van der Waals surface area contributed by atoms with Crippen LogP contribution in [0.5, 0.6) is 0 Å². The molecule has 0 fully saturated rings. The van der Waals surface area contributed by atoms with Gasteiger partial charge in [-0.25, -0.2) is 8.78 Å². The van der Waals surface area contributed by atoms with Crippen molar-refractivity contribution < 1.29 is 26.7 Å². The minimum atomic E-state index is -4.58. The van der Waals surface area contributed by atoms with Gasteiger partial charge in [-0.2, -0.15) is 18.3 Å². The number of anilines is 1. The fourth-order valence-corrected chi connectivity index (χ4v) is 1.74. The Hall–Kier alpha value is -2.45. The Labute approximate surface area is 121 Å². The second-order valence-corrected chi connectivity index (χ2v) is 4.41. The SMILES string of the molecule is Cn1nc(C(F)F)cc1NC(=O)c1cccc(C(F)(F)F)c1. The van der Waals surface area contributed by atoms with Gasteiger partial charge in [-0.3, -0.25) is 9.48 Å². The summed E-state index contributed by atoms with van der Waals surface area (Å²) in [6.45, 7) is 0. The van der Waals surface area contributed by atoms with Gasteiger partial charge in [0.15, 0.2) is 0 Å². The molecule has 0 atom stereocenters. The lowest BCUT2D eigenvalue weighted by molar-refractivity contribution is -0.137. The number of nitrogens with zero attached hydrogens (tertiary/aromatic N) is 2. The van der Waals surface area contributed by atoms with Gasteiger partial charge in [0.1, 0.15) is 11.5 Å². The van der Waals surface area contributed by atoms with Crippen LogP contribution < -0.4 is 5.32 Å². The molecule has 1 aromatic carbocycles. The molecule has 0 aliphatic carbocycles. The van der Waals surface area contributed by atoms with Crippen LogP contribution in [-0.4, -0.2) is 15.7 Å². The first-order chi connectivity index (χ1) is 10.2. The van der Waals surface area contributed by atoms with Crippen molar-refractivity contribution in [3.8, 4) is 0 Å². The van der Waals surface area contributed by atoms with Crippen molar-refractivity contribution in [2.24, 2.45) is 7.05 Å². The van der Waals surface area contributed by atoms with Gasteiger partial charge in [0.05, 0.1) is 5.56 Å². The molecule has 0 unspecified atom stereocenters. The van der Waals surface area contributed by atoms with E-state index < -0.39 is 29.8 Å². The Morgan fingerprint density at radius 3 is 2.50 bits per heavy atom. The van der Waals surface area contributed by atoms with E-state index >= 15 is 0 Å². The van der Waals surface area contributed by atoms with Gasteiger partial charge < -0.3 is 5.32 Å². The normalized spacial score (nSPS) is 11.8. The van der Waals surface area contributed by atoms with Crippen molar-refractivity contribution in [2.75, 3.05) is 5.32 Å².